The number of nitrogens with one attached hydrogen (secondary N) is 1. The molecular formula is C23H21N3O3S. The Kier molecular flexibility index (Phi) is 5.37. The fourth-order valence-electron chi connectivity index (χ4n) is 3.37. The van der Waals surface area contributed by atoms with Crippen LogP contribution in [0.4, 0.5) is 5.69 Å². The maximum Gasteiger partial charge on any atom is 0.266 e. The van der Waals surface area contributed by atoms with Gasteiger partial charge in [-0.25, -0.2) is 4.98 Å². The lowest BCUT2D eigenvalue weighted by Crippen LogP contribution is -2.21. The maximum atomic E-state index is 13.1. The van der Waals surface area contributed by atoms with E-state index >= 15 is 0 Å². The van der Waals surface area contributed by atoms with E-state index in [4.69, 9.17) is 4.74 Å². The van der Waals surface area contributed by atoms with Crippen molar-refractivity contribution in [3.05, 3.63) is 86.8 Å². The average molecular weight is 420 g/mol. The number of amides is 1. The van der Waals surface area contributed by atoms with Gasteiger partial charge in [-0.3, -0.25) is 14.2 Å². The summed E-state index contributed by atoms with van der Waals surface area (Å²) in [6.07, 6.45) is 1.54. The number of thiophene rings is 1. The predicted octanol–water partition coefficient (Wildman–Crippen LogP) is 4.38. The molecule has 0 aliphatic heterocycles. The normalized spacial score (nSPS) is 10.9. The van der Waals surface area contributed by atoms with E-state index in [0.29, 0.717) is 38.6 Å². The maximum absolute atomic E-state index is 13.1. The minimum Gasteiger partial charge on any atom is -0.495 e. The second-order valence-corrected chi connectivity index (χ2v) is 8.06. The van der Waals surface area contributed by atoms with Gasteiger partial charge in [-0.05, 0) is 42.7 Å². The summed E-state index contributed by atoms with van der Waals surface area (Å²) in [6, 6.07) is 15.3. The van der Waals surface area contributed by atoms with Gasteiger partial charge in [0.15, 0.2) is 0 Å². The van der Waals surface area contributed by atoms with Crippen LogP contribution in [0.1, 0.15) is 26.4 Å². The van der Waals surface area contributed by atoms with Crippen LogP contribution in [0.5, 0.6) is 5.75 Å². The summed E-state index contributed by atoms with van der Waals surface area (Å²) >= 11 is 1.22. The average Bonchev–Trinajstić information content (AvgIpc) is 3.08. The number of fused-ring (bicyclic) bond motifs is 1. The molecule has 0 saturated heterocycles. The van der Waals surface area contributed by atoms with E-state index in [-0.39, 0.29) is 11.5 Å². The highest BCUT2D eigenvalue weighted by molar-refractivity contribution is 7.20. The predicted molar refractivity (Wildman–Crippen MR) is 120 cm³/mol. The Balaban J connectivity index is 1.70. The van der Waals surface area contributed by atoms with Crippen LogP contribution < -0.4 is 15.6 Å². The highest BCUT2D eigenvalue weighted by atomic mass is 32.1. The summed E-state index contributed by atoms with van der Waals surface area (Å²) in [5, 5.41) is 3.39. The quantitative estimate of drug-likeness (QED) is 0.521. The number of hydrogen-bond acceptors (Lipinski definition) is 5. The van der Waals surface area contributed by atoms with Crippen molar-refractivity contribution in [3.8, 4) is 5.75 Å². The highest BCUT2D eigenvalue weighted by Gasteiger charge is 2.20. The molecule has 0 spiro atoms. The van der Waals surface area contributed by atoms with Crippen LogP contribution in [0.15, 0.2) is 59.7 Å². The molecule has 4 aromatic rings. The lowest BCUT2D eigenvalue weighted by atomic mass is 10.1. The van der Waals surface area contributed by atoms with Crippen molar-refractivity contribution in [3.63, 3.8) is 0 Å². The molecule has 2 heterocycles. The summed E-state index contributed by atoms with van der Waals surface area (Å²) in [5.41, 5.74) is 3.10. The van der Waals surface area contributed by atoms with E-state index in [1.165, 1.54) is 11.3 Å². The Labute approximate surface area is 177 Å². The van der Waals surface area contributed by atoms with Gasteiger partial charge in [0.2, 0.25) is 0 Å². The summed E-state index contributed by atoms with van der Waals surface area (Å²) in [4.78, 5) is 31.5. The first-order valence-electron chi connectivity index (χ1n) is 9.46. The number of hydrogen-bond donors (Lipinski definition) is 1. The third kappa shape index (κ3) is 3.71. The van der Waals surface area contributed by atoms with Gasteiger partial charge in [-0.15, -0.1) is 11.3 Å². The SMILES string of the molecule is COc1ccc(C)cc1NC(=O)c1sc2ncn(Cc3ccccc3)c(=O)c2c1C. The highest BCUT2D eigenvalue weighted by Crippen LogP contribution is 2.30. The van der Waals surface area contributed by atoms with Crippen LogP contribution in [-0.2, 0) is 6.54 Å². The Hall–Kier alpha value is -3.45. The van der Waals surface area contributed by atoms with Crippen molar-refractivity contribution >= 4 is 33.1 Å². The van der Waals surface area contributed by atoms with Crippen LogP contribution >= 0.6 is 11.3 Å². The number of benzene rings is 2. The molecule has 0 aliphatic rings. The van der Waals surface area contributed by atoms with Gasteiger partial charge in [0.05, 0.1) is 35.9 Å². The third-order valence-corrected chi connectivity index (χ3v) is 6.12. The molecule has 0 bridgehead atoms. The zero-order valence-electron chi connectivity index (χ0n) is 16.9. The van der Waals surface area contributed by atoms with Crippen LogP contribution in [0.25, 0.3) is 10.2 Å². The minimum atomic E-state index is -0.284. The van der Waals surface area contributed by atoms with Crippen molar-refractivity contribution in [2.45, 2.75) is 20.4 Å². The Bertz CT molecular complexity index is 1290. The fourth-order valence-corrected chi connectivity index (χ4v) is 4.40. The zero-order valence-corrected chi connectivity index (χ0v) is 17.7. The molecule has 2 aromatic carbocycles. The van der Waals surface area contributed by atoms with Crippen molar-refractivity contribution in [1.82, 2.24) is 9.55 Å². The zero-order chi connectivity index (χ0) is 21.3. The van der Waals surface area contributed by atoms with Crippen LogP contribution in [0.2, 0.25) is 0 Å². The molecule has 2 aromatic heterocycles. The standard InChI is InChI=1S/C23H21N3O3S/c1-14-9-10-18(29-3)17(11-14)25-21(27)20-15(2)19-22(30-20)24-13-26(23(19)28)12-16-7-5-4-6-8-16/h4-11,13H,12H2,1-3H3,(H,25,27). The smallest absolute Gasteiger partial charge is 0.266 e. The Morgan fingerprint density at radius 2 is 1.93 bits per heavy atom. The van der Waals surface area contributed by atoms with Crippen LogP contribution in [0.3, 0.4) is 0 Å². The fraction of sp³-hybridized carbons (Fsp3) is 0.174. The van der Waals surface area contributed by atoms with Gasteiger partial charge >= 0.3 is 0 Å². The Morgan fingerprint density at radius 1 is 1.17 bits per heavy atom. The number of ether oxygens (including phenoxy) is 1. The molecule has 1 amide bonds. The van der Waals surface area contributed by atoms with E-state index in [9.17, 15) is 9.59 Å². The number of carbonyl (C=O) groups excluding carboxylic acids is 1. The second kappa shape index (κ2) is 8.12. The molecule has 0 aliphatic carbocycles. The van der Waals surface area contributed by atoms with Crippen molar-refractivity contribution < 1.29 is 9.53 Å². The lowest BCUT2D eigenvalue weighted by Gasteiger charge is -2.10. The van der Waals surface area contributed by atoms with Crippen molar-refractivity contribution in [2.75, 3.05) is 12.4 Å². The topological polar surface area (TPSA) is 73.2 Å². The summed E-state index contributed by atoms with van der Waals surface area (Å²) in [5.74, 6) is 0.296. The van der Waals surface area contributed by atoms with Gasteiger partial charge in [-0.2, -0.15) is 0 Å². The summed E-state index contributed by atoms with van der Waals surface area (Å²) in [7, 11) is 1.56. The Morgan fingerprint density at radius 3 is 2.67 bits per heavy atom. The van der Waals surface area contributed by atoms with E-state index in [2.05, 4.69) is 10.3 Å². The van der Waals surface area contributed by atoms with Crippen molar-refractivity contribution in [1.29, 1.82) is 0 Å². The minimum absolute atomic E-state index is 0.148. The van der Waals surface area contributed by atoms with E-state index in [0.717, 1.165) is 11.1 Å². The largest absolute Gasteiger partial charge is 0.495 e. The number of rotatable bonds is 5. The molecule has 0 unspecified atom stereocenters. The first-order chi connectivity index (χ1) is 14.5. The molecule has 4 rings (SSSR count). The molecular weight excluding hydrogens is 398 g/mol. The molecule has 1 N–H and O–H groups in total. The van der Waals surface area contributed by atoms with Crippen LogP contribution in [-0.4, -0.2) is 22.6 Å². The number of nitrogens with zero attached hydrogens (tertiary/aromatic N) is 2. The molecule has 0 atom stereocenters. The van der Waals surface area contributed by atoms with Gasteiger partial charge in [0.25, 0.3) is 11.5 Å². The van der Waals surface area contributed by atoms with E-state index in [1.54, 1.807) is 24.9 Å². The number of aromatic nitrogens is 2. The first kappa shape index (κ1) is 19.8. The number of carbonyl (C=O) groups is 1. The van der Waals surface area contributed by atoms with Gasteiger partial charge in [0.1, 0.15) is 10.6 Å². The van der Waals surface area contributed by atoms with Crippen molar-refractivity contribution in [2.24, 2.45) is 0 Å². The first-order valence-corrected chi connectivity index (χ1v) is 10.3. The molecule has 0 saturated carbocycles. The van der Waals surface area contributed by atoms with Crippen LogP contribution in [0, 0.1) is 13.8 Å². The summed E-state index contributed by atoms with van der Waals surface area (Å²) < 4.78 is 6.91. The molecule has 6 nitrogen and oxygen atoms in total. The molecule has 30 heavy (non-hydrogen) atoms. The molecule has 0 fully saturated rings. The summed E-state index contributed by atoms with van der Waals surface area (Å²) in [6.45, 7) is 4.16. The molecule has 152 valence electrons. The van der Waals surface area contributed by atoms with E-state index in [1.807, 2.05) is 55.5 Å². The third-order valence-electron chi connectivity index (χ3n) is 4.92. The monoisotopic (exact) mass is 419 g/mol. The van der Waals surface area contributed by atoms with Gasteiger partial charge < -0.3 is 10.1 Å². The lowest BCUT2D eigenvalue weighted by molar-refractivity contribution is 0.102. The second-order valence-electron chi connectivity index (χ2n) is 7.06. The van der Waals surface area contributed by atoms with Gasteiger partial charge in [0, 0.05) is 0 Å². The number of methoxy groups -OCH3 is 1. The number of anilines is 1. The molecule has 7 heteroatoms. The molecule has 0 radical (unpaired) electrons. The van der Waals surface area contributed by atoms with E-state index < -0.39 is 0 Å². The van der Waals surface area contributed by atoms with Gasteiger partial charge in [-0.1, -0.05) is 36.4 Å². The number of aryl methyl sites for hydroxylation is 2.